The van der Waals surface area contributed by atoms with Crippen LogP contribution in [0.5, 0.6) is 0 Å². The SMILES string of the molecule is CCNC(=NCc1ccc(SC)cc1)NCC(C)(O)c1cnn(C)c1. The van der Waals surface area contributed by atoms with Crippen LogP contribution in [-0.4, -0.2) is 40.2 Å². The number of benzene rings is 1. The van der Waals surface area contributed by atoms with Crippen molar-refractivity contribution < 1.29 is 5.11 Å². The van der Waals surface area contributed by atoms with Crippen LogP contribution in [0.1, 0.15) is 25.0 Å². The van der Waals surface area contributed by atoms with Crippen LogP contribution in [0.2, 0.25) is 0 Å². The second-order valence-corrected chi connectivity index (χ2v) is 6.95. The molecule has 2 aromatic rings. The van der Waals surface area contributed by atoms with Gasteiger partial charge in [0.25, 0.3) is 0 Å². The van der Waals surface area contributed by atoms with Gasteiger partial charge >= 0.3 is 0 Å². The van der Waals surface area contributed by atoms with Crippen molar-refractivity contribution in [3.05, 3.63) is 47.8 Å². The van der Waals surface area contributed by atoms with Gasteiger partial charge < -0.3 is 15.7 Å². The van der Waals surface area contributed by atoms with Crippen molar-refractivity contribution in [3.63, 3.8) is 0 Å². The number of aliphatic imine (C=N–C) groups is 1. The first-order chi connectivity index (χ1) is 11.9. The minimum Gasteiger partial charge on any atom is -0.383 e. The first-order valence-corrected chi connectivity index (χ1v) is 9.53. The van der Waals surface area contributed by atoms with E-state index in [1.165, 1.54) is 4.90 Å². The third-order valence-corrected chi connectivity index (χ3v) is 4.59. The van der Waals surface area contributed by atoms with Crippen molar-refractivity contribution in [2.24, 2.45) is 12.0 Å². The summed E-state index contributed by atoms with van der Waals surface area (Å²) in [5, 5.41) is 21.2. The average molecular weight is 362 g/mol. The largest absolute Gasteiger partial charge is 0.383 e. The molecule has 0 aliphatic rings. The van der Waals surface area contributed by atoms with E-state index in [-0.39, 0.29) is 0 Å². The number of aromatic nitrogens is 2. The Morgan fingerprint density at radius 2 is 2.04 bits per heavy atom. The molecular weight excluding hydrogens is 334 g/mol. The molecule has 0 saturated carbocycles. The summed E-state index contributed by atoms with van der Waals surface area (Å²) in [6, 6.07) is 8.38. The molecule has 0 amide bonds. The molecule has 1 atom stereocenters. The third kappa shape index (κ3) is 5.79. The molecule has 1 aromatic heterocycles. The zero-order valence-electron chi connectivity index (χ0n) is 15.3. The van der Waals surface area contributed by atoms with Gasteiger partial charge in [0.15, 0.2) is 5.96 Å². The Bertz CT molecular complexity index is 694. The van der Waals surface area contributed by atoms with E-state index < -0.39 is 5.60 Å². The lowest BCUT2D eigenvalue weighted by atomic mass is 10.00. The van der Waals surface area contributed by atoms with E-state index in [0.29, 0.717) is 19.0 Å². The molecule has 0 aliphatic heterocycles. The van der Waals surface area contributed by atoms with Crippen LogP contribution in [-0.2, 0) is 19.2 Å². The van der Waals surface area contributed by atoms with Gasteiger partial charge in [-0.2, -0.15) is 5.10 Å². The number of aliphatic hydroxyl groups is 1. The zero-order valence-corrected chi connectivity index (χ0v) is 16.1. The molecular formula is C18H27N5OS. The van der Waals surface area contributed by atoms with Gasteiger partial charge in [-0.1, -0.05) is 12.1 Å². The lowest BCUT2D eigenvalue weighted by Gasteiger charge is -2.23. The fourth-order valence-corrected chi connectivity index (χ4v) is 2.71. The first-order valence-electron chi connectivity index (χ1n) is 8.31. The van der Waals surface area contributed by atoms with Crippen LogP contribution < -0.4 is 10.6 Å². The van der Waals surface area contributed by atoms with Crippen LogP contribution in [0.15, 0.2) is 46.5 Å². The molecule has 0 spiro atoms. The van der Waals surface area contributed by atoms with Crippen LogP contribution in [0.3, 0.4) is 0 Å². The Morgan fingerprint density at radius 3 is 2.60 bits per heavy atom. The Hall–Kier alpha value is -1.99. The normalized spacial score (nSPS) is 14.2. The fourth-order valence-electron chi connectivity index (χ4n) is 2.30. The Labute approximate surface area is 153 Å². The number of hydrogen-bond acceptors (Lipinski definition) is 4. The van der Waals surface area contributed by atoms with E-state index in [9.17, 15) is 5.11 Å². The molecule has 0 radical (unpaired) electrons. The first kappa shape index (κ1) is 19.3. The monoisotopic (exact) mass is 361 g/mol. The molecule has 3 N–H and O–H groups in total. The molecule has 2 rings (SSSR count). The standard InChI is InChI=1S/C18H27N5OS/c1-5-19-17(20-10-14-6-8-16(25-4)9-7-14)21-13-18(2,24)15-11-22-23(3)12-15/h6-9,11-12,24H,5,10,13H2,1-4H3,(H2,19,20,21). The van der Waals surface area contributed by atoms with Gasteiger partial charge in [0.1, 0.15) is 5.60 Å². The van der Waals surface area contributed by atoms with E-state index in [4.69, 9.17) is 0 Å². The molecule has 6 nitrogen and oxygen atoms in total. The fraction of sp³-hybridized carbons (Fsp3) is 0.444. The van der Waals surface area contributed by atoms with E-state index in [1.807, 2.05) is 20.2 Å². The van der Waals surface area contributed by atoms with Crippen molar-refractivity contribution in [1.82, 2.24) is 20.4 Å². The summed E-state index contributed by atoms with van der Waals surface area (Å²) in [5.74, 6) is 0.681. The quantitative estimate of drug-likeness (QED) is 0.400. The molecule has 0 bridgehead atoms. The summed E-state index contributed by atoms with van der Waals surface area (Å²) < 4.78 is 1.68. The molecule has 1 unspecified atom stereocenters. The third-order valence-electron chi connectivity index (χ3n) is 3.85. The highest BCUT2D eigenvalue weighted by Gasteiger charge is 2.24. The number of guanidine groups is 1. The van der Waals surface area contributed by atoms with Crippen molar-refractivity contribution >= 4 is 17.7 Å². The molecule has 0 saturated heterocycles. The number of nitrogens with zero attached hydrogens (tertiary/aromatic N) is 3. The van der Waals surface area contributed by atoms with Gasteiger partial charge in [0, 0.05) is 30.2 Å². The van der Waals surface area contributed by atoms with E-state index in [2.05, 4.69) is 51.2 Å². The van der Waals surface area contributed by atoms with E-state index in [1.54, 1.807) is 29.6 Å². The van der Waals surface area contributed by atoms with Crippen LogP contribution in [0, 0.1) is 0 Å². The lowest BCUT2D eigenvalue weighted by Crippen LogP contribution is -2.44. The topological polar surface area (TPSA) is 74.5 Å². The Morgan fingerprint density at radius 1 is 1.32 bits per heavy atom. The minimum absolute atomic E-state index is 0.343. The molecule has 25 heavy (non-hydrogen) atoms. The van der Waals surface area contributed by atoms with E-state index in [0.717, 1.165) is 17.7 Å². The number of nitrogens with one attached hydrogen (secondary N) is 2. The van der Waals surface area contributed by atoms with E-state index >= 15 is 0 Å². The molecule has 0 fully saturated rings. The maximum atomic E-state index is 10.7. The molecule has 1 heterocycles. The highest BCUT2D eigenvalue weighted by molar-refractivity contribution is 7.98. The number of thioether (sulfide) groups is 1. The van der Waals surface area contributed by atoms with Gasteiger partial charge in [0.2, 0.25) is 0 Å². The predicted molar refractivity (Wildman–Crippen MR) is 104 cm³/mol. The van der Waals surface area contributed by atoms with Crippen molar-refractivity contribution in [1.29, 1.82) is 0 Å². The van der Waals surface area contributed by atoms with Crippen molar-refractivity contribution in [3.8, 4) is 0 Å². The predicted octanol–water partition coefficient (Wildman–Crippen LogP) is 2.10. The summed E-state index contributed by atoms with van der Waals surface area (Å²) >= 11 is 1.73. The second kappa shape index (κ2) is 8.92. The summed E-state index contributed by atoms with van der Waals surface area (Å²) in [6.07, 6.45) is 5.56. The smallest absolute Gasteiger partial charge is 0.191 e. The summed E-state index contributed by atoms with van der Waals surface area (Å²) in [7, 11) is 1.83. The maximum Gasteiger partial charge on any atom is 0.191 e. The second-order valence-electron chi connectivity index (χ2n) is 6.07. The van der Waals surface area contributed by atoms with Gasteiger partial charge in [0.05, 0.1) is 19.3 Å². The molecule has 7 heteroatoms. The van der Waals surface area contributed by atoms with Gasteiger partial charge in [-0.25, -0.2) is 4.99 Å². The number of aryl methyl sites for hydroxylation is 1. The summed E-state index contributed by atoms with van der Waals surface area (Å²) in [4.78, 5) is 5.84. The number of rotatable bonds is 7. The lowest BCUT2D eigenvalue weighted by molar-refractivity contribution is 0.0616. The summed E-state index contributed by atoms with van der Waals surface area (Å²) in [5.41, 5.74) is 0.893. The van der Waals surface area contributed by atoms with Crippen LogP contribution >= 0.6 is 11.8 Å². The molecule has 136 valence electrons. The van der Waals surface area contributed by atoms with Crippen LogP contribution in [0.4, 0.5) is 0 Å². The number of hydrogen-bond donors (Lipinski definition) is 3. The van der Waals surface area contributed by atoms with Crippen molar-refractivity contribution in [2.75, 3.05) is 19.3 Å². The van der Waals surface area contributed by atoms with Gasteiger partial charge in [-0.05, 0) is 37.8 Å². The molecule has 1 aromatic carbocycles. The Balaban J connectivity index is 1.99. The van der Waals surface area contributed by atoms with Gasteiger partial charge in [-0.15, -0.1) is 11.8 Å². The van der Waals surface area contributed by atoms with Crippen LogP contribution in [0.25, 0.3) is 0 Å². The Kier molecular flexibility index (Phi) is 6.90. The minimum atomic E-state index is -1.02. The highest BCUT2D eigenvalue weighted by atomic mass is 32.2. The zero-order chi connectivity index (χ0) is 18.3. The van der Waals surface area contributed by atoms with Gasteiger partial charge in [-0.3, -0.25) is 4.68 Å². The molecule has 0 aliphatic carbocycles. The summed E-state index contributed by atoms with van der Waals surface area (Å²) in [6.45, 7) is 5.46. The maximum absolute atomic E-state index is 10.7. The highest BCUT2D eigenvalue weighted by Crippen LogP contribution is 2.18. The van der Waals surface area contributed by atoms with Crippen molar-refractivity contribution in [2.45, 2.75) is 30.9 Å². The average Bonchev–Trinajstić information content (AvgIpc) is 3.05.